The Morgan fingerprint density at radius 1 is 1.48 bits per heavy atom. The molecule has 0 bridgehead atoms. The standard InChI is InChI=1S/C14H20ClN5O/c1-10(2)9-20-14(21)13(15)11(8-19-20)16-5-3-4-12-17-6-7-18-12/h6-8,10,16H,3-5,9H2,1-2H3,(H,17,18). The predicted octanol–water partition coefficient (Wildman–Crippen LogP) is 2.32. The van der Waals surface area contributed by atoms with Crippen LogP contribution in [0.4, 0.5) is 5.69 Å². The summed E-state index contributed by atoms with van der Waals surface area (Å²) in [5.74, 6) is 1.30. The van der Waals surface area contributed by atoms with Gasteiger partial charge in [0, 0.05) is 31.9 Å². The van der Waals surface area contributed by atoms with Gasteiger partial charge in [0.15, 0.2) is 0 Å². The van der Waals surface area contributed by atoms with E-state index in [1.807, 2.05) is 13.8 Å². The zero-order valence-electron chi connectivity index (χ0n) is 12.3. The van der Waals surface area contributed by atoms with Gasteiger partial charge in [-0.25, -0.2) is 9.67 Å². The highest BCUT2D eigenvalue weighted by atomic mass is 35.5. The molecule has 0 amide bonds. The first-order valence-corrected chi connectivity index (χ1v) is 7.43. The summed E-state index contributed by atoms with van der Waals surface area (Å²) in [5, 5.41) is 7.49. The lowest BCUT2D eigenvalue weighted by atomic mass is 10.2. The van der Waals surface area contributed by atoms with Crippen molar-refractivity contribution >= 4 is 17.3 Å². The summed E-state index contributed by atoms with van der Waals surface area (Å²) in [6.07, 6.45) is 6.88. The van der Waals surface area contributed by atoms with E-state index in [0.717, 1.165) is 18.7 Å². The number of aromatic amines is 1. The third-order valence-electron chi connectivity index (χ3n) is 2.98. The second-order valence-electron chi connectivity index (χ2n) is 5.32. The van der Waals surface area contributed by atoms with Crippen LogP contribution < -0.4 is 10.9 Å². The minimum absolute atomic E-state index is 0.198. The summed E-state index contributed by atoms with van der Waals surface area (Å²) in [5.41, 5.74) is 0.336. The Morgan fingerprint density at radius 3 is 2.95 bits per heavy atom. The van der Waals surface area contributed by atoms with Crippen LogP contribution in [0.3, 0.4) is 0 Å². The molecule has 21 heavy (non-hydrogen) atoms. The van der Waals surface area contributed by atoms with Gasteiger partial charge in [-0.1, -0.05) is 25.4 Å². The van der Waals surface area contributed by atoms with Crippen LogP contribution in [0.2, 0.25) is 5.02 Å². The Balaban J connectivity index is 1.91. The maximum absolute atomic E-state index is 12.1. The molecule has 0 aliphatic carbocycles. The molecule has 0 aromatic carbocycles. The van der Waals surface area contributed by atoms with E-state index >= 15 is 0 Å². The average Bonchev–Trinajstić information content (AvgIpc) is 2.95. The van der Waals surface area contributed by atoms with Crippen molar-refractivity contribution in [3.8, 4) is 0 Å². The van der Waals surface area contributed by atoms with Crippen molar-refractivity contribution in [1.29, 1.82) is 0 Å². The van der Waals surface area contributed by atoms with Crippen LogP contribution >= 0.6 is 11.6 Å². The van der Waals surface area contributed by atoms with Crippen molar-refractivity contribution in [2.75, 3.05) is 11.9 Å². The molecule has 0 saturated carbocycles. The monoisotopic (exact) mass is 309 g/mol. The fraction of sp³-hybridized carbons (Fsp3) is 0.500. The number of hydrogen-bond acceptors (Lipinski definition) is 4. The first-order valence-electron chi connectivity index (χ1n) is 7.05. The molecule has 114 valence electrons. The molecule has 0 radical (unpaired) electrons. The summed E-state index contributed by atoms with van der Waals surface area (Å²) < 4.78 is 1.40. The van der Waals surface area contributed by atoms with E-state index in [4.69, 9.17) is 11.6 Å². The fourth-order valence-electron chi connectivity index (χ4n) is 1.98. The average molecular weight is 310 g/mol. The number of aromatic nitrogens is 4. The van der Waals surface area contributed by atoms with E-state index in [-0.39, 0.29) is 10.6 Å². The third-order valence-corrected chi connectivity index (χ3v) is 3.35. The summed E-state index contributed by atoms with van der Waals surface area (Å²) in [6.45, 7) is 5.33. The number of H-pyrrole nitrogens is 1. The highest BCUT2D eigenvalue weighted by molar-refractivity contribution is 6.32. The van der Waals surface area contributed by atoms with Crippen LogP contribution in [-0.4, -0.2) is 26.3 Å². The molecule has 0 spiro atoms. The zero-order valence-corrected chi connectivity index (χ0v) is 13.0. The first kappa shape index (κ1) is 15.6. The van der Waals surface area contributed by atoms with Crippen LogP contribution in [0.1, 0.15) is 26.1 Å². The normalized spacial score (nSPS) is 11.0. The number of halogens is 1. The number of imidazole rings is 1. The first-order chi connectivity index (χ1) is 10.1. The molecular weight excluding hydrogens is 290 g/mol. The van der Waals surface area contributed by atoms with E-state index < -0.39 is 0 Å². The number of aryl methyl sites for hydroxylation is 1. The van der Waals surface area contributed by atoms with Crippen LogP contribution in [0, 0.1) is 5.92 Å². The van der Waals surface area contributed by atoms with Crippen molar-refractivity contribution in [2.24, 2.45) is 5.92 Å². The molecule has 2 aromatic heterocycles. The van der Waals surface area contributed by atoms with Gasteiger partial charge >= 0.3 is 0 Å². The van der Waals surface area contributed by atoms with Crippen LogP contribution in [0.5, 0.6) is 0 Å². The van der Waals surface area contributed by atoms with Crippen LogP contribution in [0.25, 0.3) is 0 Å². The Morgan fingerprint density at radius 2 is 2.29 bits per heavy atom. The topological polar surface area (TPSA) is 75.6 Å². The Kier molecular flexibility index (Phi) is 5.38. The van der Waals surface area contributed by atoms with Gasteiger partial charge in [0.05, 0.1) is 11.9 Å². The molecule has 0 unspecified atom stereocenters. The molecule has 0 aliphatic rings. The number of rotatable bonds is 7. The van der Waals surface area contributed by atoms with Gasteiger partial charge in [-0.2, -0.15) is 5.10 Å². The maximum Gasteiger partial charge on any atom is 0.287 e. The summed E-state index contributed by atoms with van der Waals surface area (Å²) in [4.78, 5) is 19.3. The number of nitrogens with one attached hydrogen (secondary N) is 2. The lowest BCUT2D eigenvalue weighted by Gasteiger charge is -2.11. The molecule has 0 fully saturated rings. The molecule has 7 heteroatoms. The van der Waals surface area contributed by atoms with Gasteiger partial charge in [-0.15, -0.1) is 0 Å². The minimum atomic E-state index is -0.249. The summed E-state index contributed by atoms with van der Waals surface area (Å²) in [7, 11) is 0. The van der Waals surface area contributed by atoms with Crippen molar-refractivity contribution in [3.63, 3.8) is 0 Å². The molecule has 2 aromatic rings. The van der Waals surface area contributed by atoms with Crippen molar-refractivity contribution < 1.29 is 0 Å². The van der Waals surface area contributed by atoms with Gasteiger partial charge < -0.3 is 10.3 Å². The van der Waals surface area contributed by atoms with Crippen LogP contribution in [0.15, 0.2) is 23.4 Å². The van der Waals surface area contributed by atoms with E-state index in [0.29, 0.717) is 24.7 Å². The van der Waals surface area contributed by atoms with Crippen molar-refractivity contribution in [1.82, 2.24) is 19.7 Å². The van der Waals surface area contributed by atoms with Gasteiger partial charge in [0.2, 0.25) is 0 Å². The number of nitrogens with zero attached hydrogens (tertiary/aromatic N) is 3. The van der Waals surface area contributed by atoms with Gasteiger partial charge in [0.25, 0.3) is 5.56 Å². The summed E-state index contributed by atoms with van der Waals surface area (Å²) >= 11 is 6.11. The zero-order chi connectivity index (χ0) is 15.2. The Bertz CT molecular complexity index is 621. The van der Waals surface area contributed by atoms with E-state index in [9.17, 15) is 4.79 Å². The second kappa shape index (κ2) is 7.26. The molecule has 0 aliphatic heterocycles. The second-order valence-corrected chi connectivity index (χ2v) is 5.70. The van der Waals surface area contributed by atoms with E-state index in [2.05, 4.69) is 20.4 Å². The van der Waals surface area contributed by atoms with E-state index in [1.165, 1.54) is 4.68 Å². The van der Waals surface area contributed by atoms with Crippen molar-refractivity contribution in [3.05, 3.63) is 39.8 Å². The summed E-state index contributed by atoms with van der Waals surface area (Å²) in [6, 6.07) is 0. The highest BCUT2D eigenvalue weighted by Gasteiger charge is 2.09. The quantitative estimate of drug-likeness (QED) is 0.770. The lowest BCUT2D eigenvalue weighted by molar-refractivity contribution is 0.464. The molecule has 2 rings (SSSR count). The molecule has 2 N–H and O–H groups in total. The molecule has 0 saturated heterocycles. The lowest BCUT2D eigenvalue weighted by Crippen LogP contribution is -2.26. The third kappa shape index (κ3) is 4.32. The molecule has 6 nitrogen and oxygen atoms in total. The smallest absolute Gasteiger partial charge is 0.287 e. The molecule has 0 atom stereocenters. The maximum atomic E-state index is 12.1. The number of hydrogen-bond donors (Lipinski definition) is 2. The largest absolute Gasteiger partial charge is 0.382 e. The predicted molar refractivity (Wildman–Crippen MR) is 83.7 cm³/mol. The van der Waals surface area contributed by atoms with Gasteiger partial charge in [-0.05, 0) is 12.3 Å². The van der Waals surface area contributed by atoms with E-state index in [1.54, 1.807) is 18.6 Å². The van der Waals surface area contributed by atoms with Crippen molar-refractivity contribution in [2.45, 2.75) is 33.2 Å². The fourth-order valence-corrected chi connectivity index (χ4v) is 2.19. The minimum Gasteiger partial charge on any atom is -0.382 e. The Hall–Kier alpha value is -1.82. The van der Waals surface area contributed by atoms with Gasteiger partial charge in [-0.3, -0.25) is 4.79 Å². The highest BCUT2D eigenvalue weighted by Crippen LogP contribution is 2.15. The molecular formula is C14H20ClN5O. The Labute approximate surface area is 128 Å². The number of anilines is 1. The SMILES string of the molecule is CC(C)Cn1ncc(NCCCc2ncc[nH]2)c(Cl)c1=O. The van der Waals surface area contributed by atoms with Crippen LogP contribution in [-0.2, 0) is 13.0 Å². The van der Waals surface area contributed by atoms with Gasteiger partial charge in [0.1, 0.15) is 10.8 Å². The molecule has 2 heterocycles.